The molecule has 9 aromatic carbocycles. The lowest BCUT2D eigenvalue weighted by Gasteiger charge is -2.29. The van der Waals surface area contributed by atoms with Gasteiger partial charge in [-0.1, -0.05) is 158 Å². The minimum Gasteiger partial charge on any atom is -0.456 e. The smallest absolute Gasteiger partial charge is 0.159 e. The van der Waals surface area contributed by atoms with E-state index < -0.39 is 0 Å². The third kappa shape index (κ3) is 5.05. The second-order valence-corrected chi connectivity index (χ2v) is 14.0. The fourth-order valence-corrected chi connectivity index (χ4v) is 8.46. The molecule has 11 rings (SSSR count). The molecule has 0 saturated carbocycles. The standard InChI is InChI=1S/C52H33NO2/c1-2-15-34(16-3-1)38-24-11-17-35-18-12-26-42(50(35)38)40-21-4-7-28-45(40)53(46-29-13-27-43-41-22-5-8-30-47(41)55-52(43)46)37-20-10-19-36(33-37)39-25-14-32-49-51(39)44-23-6-9-31-48(44)54-49/h1-33H. The van der Waals surface area contributed by atoms with E-state index in [-0.39, 0.29) is 0 Å². The summed E-state index contributed by atoms with van der Waals surface area (Å²) in [5.41, 5.74) is 13.4. The minimum absolute atomic E-state index is 0.842. The maximum Gasteiger partial charge on any atom is 0.159 e. The molecule has 0 atom stereocenters. The van der Waals surface area contributed by atoms with Crippen LogP contribution in [0.15, 0.2) is 209 Å². The molecule has 0 aliphatic carbocycles. The Morgan fingerprint density at radius 3 is 1.75 bits per heavy atom. The van der Waals surface area contributed by atoms with E-state index in [1.807, 2.05) is 18.2 Å². The first-order valence-corrected chi connectivity index (χ1v) is 18.7. The van der Waals surface area contributed by atoms with E-state index in [0.29, 0.717) is 0 Å². The first kappa shape index (κ1) is 31.2. The Morgan fingerprint density at radius 2 is 0.891 bits per heavy atom. The highest BCUT2D eigenvalue weighted by molar-refractivity contribution is 6.14. The Bertz CT molecular complexity index is 3220. The molecule has 258 valence electrons. The van der Waals surface area contributed by atoms with Gasteiger partial charge in [-0.2, -0.15) is 0 Å². The van der Waals surface area contributed by atoms with E-state index in [1.165, 1.54) is 27.5 Å². The van der Waals surface area contributed by atoms with Crippen molar-refractivity contribution in [1.29, 1.82) is 0 Å². The summed E-state index contributed by atoms with van der Waals surface area (Å²) >= 11 is 0. The summed E-state index contributed by atoms with van der Waals surface area (Å²) in [7, 11) is 0. The average molecular weight is 704 g/mol. The molecule has 2 aromatic heterocycles. The predicted octanol–water partition coefficient (Wildman–Crippen LogP) is 15.1. The molecule has 0 aliphatic heterocycles. The lowest BCUT2D eigenvalue weighted by molar-refractivity contribution is 0.668. The number of anilines is 3. The molecule has 0 N–H and O–H groups in total. The molecule has 0 amide bonds. The van der Waals surface area contributed by atoms with Gasteiger partial charge in [-0.25, -0.2) is 0 Å². The van der Waals surface area contributed by atoms with Crippen LogP contribution in [0, 0.1) is 0 Å². The third-order valence-electron chi connectivity index (χ3n) is 10.9. The molecular weight excluding hydrogens is 671 g/mol. The van der Waals surface area contributed by atoms with Crippen LogP contribution in [0.4, 0.5) is 17.1 Å². The molecule has 0 fully saturated rings. The molecule has 0 unspecified atom stereocenters. The van der Waals surface area contributed by atoms with Gasteiger partial charge in [0.15, 0.2) is 5.58 Å². The van der Waals surface area contributed by atoms with Crippen LogP contribution in [-0.4, -0.2) is 0 Å². The number of furan rings is 2. The van der Waals surface area contributed by atoms with Gasteiger partial charge in [0, 0.05) is 32.8 Å². The summed E-state index contributed by atoms with van der Waals surface area (Å²) in [5, 5.41) is 6.82. The number of rotatable bonds is 6. The van der Waals surface area contributed by atoms with Gasteiger partial charge >= 0.3 is 0 Å². The fourth-order valence-electron chi connectivity index (χ4n) is 8.46. The molecule has 3 nitrogen and oxygen atoms in total. The summed E-state index contributed by atoms with van der Waals surface area (Å²) in [6.07, 6.45) is 0. The van der Waals surface area contributed by atoms with Crippen molar-refractivity contribution >= 4 is 71.7 Å². The zero-order valence-electron chi connectivity index (χ0n) is 29.8. The first-order chi connectivity index (χ1) is 27.3. The maximum absolute atomic E-state index is 6.76. The highest BCUT2D eigenvalue weighted by atomic mass is 16.3. The molecule has 0 spiro atoms. The van der Waals surface area contributed by atoms with E-state index in [4.69, 9.17) is 8.83 Å². The molecule has 0 radical (unpaired) electrons. The number of hydrogen-bond acceptors (Lipinski definition) is 3. The molecule has 11 aromatic rings. The van der Waals surface area contributed by atoms with Gasteiger partial charge in [-0.3, -0.25) is 0 Å². The third-order valence-corrected chi connectivity index (χ3v) is 10.9. The largest absolute Gasteiger partial charge is 0.456 e. The lowest BCUT2D eigenvalue weighted by atomic mass is 9.90. The molecular formula is C52H33NO2. The number of benzene rings is 9. The van der Waals surface area contributed by atoms with Crippen molar-refractivity contribution in [2.45, 2.75) is 0 Å². The molecule has 3 heteroatoms. The molecule has 2 heterocycles. The lowest BCUT2D eigenvalue weighted by Crippen LogP contribution is -2.11. The highest BCUT2D eigenvalue weighted by Crippen LogP contribution is 2.48. The van der Waals surface area contributed by atoms with Crippen molar-refractivity contribution in [3.63, 3.8) is 0 Å². The van der Waals surface area contributed by atoms with Crippen LogP contribution >= 0.6 is 0 Å². The second kappa shape index (κ2) is 12.6. The fraction of sp³-hybridized carbons (Fsp3) is 0. The Morgan fingerprint density at radius 1 is 0.327 bits per heavy atom. The predicted molar refractivity (Wildman–Crippen MR) is 229 cm³/mol. The summed E-state index contributed by atoms with van der Waals surface area (Å²) in [5.74, 6) is 0. The van der Waals surface area contributed by atoms with E-state index in [1.54, 1.807) is 0 Å². The zero-order chi connectivity index (χ0) is 36.3. The van der Waals surface area contributed by atoms with Gasteiger partial charge in [0.2, 0.25) is 0 Å². The molecule has 55 heavy (non-hydrogen) atoms. The number of nitrogens with zero attached hydrogens (tertiary/aromatic N) is 1. The van der Waals surface area contributed by atoms with Crippen molar-refractivity contribution in [2.24, 2.45) is 0 Å². The second-order valence-electron chi connectivity index (χ2n) is 14.0. The minimum atomic E-state index is 0.842. The van der Waals surface area contributed by atoms with Crippen LogP contribution in [-0.2, 0) is 0 Å². The van der Waals surface area contributed by atoms with Gasteiger partial charge in [-0.15, -0.1) is 0 Å². The van der Waals surface area contributed by atoms with Crippen LogP contribution in [0.5, 0.6) is 0 Å². The average Bonchev–Trinajstić information content (AvgIpc) is 3.83. The summed E-state index contributed by atoms with van der Waals surface area (Å²) in [6, 6.07) is 71.0. The van der Waals surface area contributed by atoms with Crippen LogP contribution in [0.3, 0.4) is 0 Å². The van der Waals surface area contributed by atoms with Crippen LogP contribution in [0.25, 0.3) is 88.0 Å². The van der Waals surface area contributed by atoms with Gasteiger partial charge in [0.05, 0.1) is 11.4 Å². The highest BCUT2D eigenvalue weighted by Gasteiger charge is 2.24. The SMILES string of the molecule is c1ccc(-c2cccc3cccc(-c4ccccc4N(c4cccc(-c5cccc6oc7ccccc7c56)c4)c4cccc5c4oc4ccccc45)c23)cc1. The molecule has 0 aliphatic rings. The van der Waals surface area contributed by atoms with Crippen molar-refractivity contribution in [1.82, 2.24) is 0 Å². The summed E-state index contributed by atoms with van der Waals surface area (Å²) in [6.45, 7) is 0. The number of para-hydroxylation sites is 4. The number of fused-ring (bicyclic) bond motifs is 7. The molecule has 0 saturated heterocycles. The van der Waals surface area contributed by atoms with Crippen molar-refractivity contribution in [3.8, 4) is 33.4 Å². The number of hydrogen-bond donors (Lipinski definition) is 0. The quantitative estimate of drug-likeness (QED) is 0.173. The van der Waals surface area contributed by atoms with Crippen molar-refractivity contribution < 1.29 is 8.83 Å². The molecule has 0 bridgehead atoms. The Hall–Kier alpha value is -7.36. The first-order valence-electron chi connectivity index (χ1n) is 18.7. The summed E-state index contributed by atoms with van der Waals surface area (Å²) in [4.78, 5) is 2.38. The Kier molecular flexibility index (Phi) is 7.17. The zero-order valence-corrected chi connectivity index (χ0v) is 29.8. The van der Waals surface area contributed by atoms with Crippen LogP contribution < -0.4 is 4.90 Å². The topological polar surface area (TPSA) is 29.5 Å². The van der Waals surface area contributed by atoms with Crippen molar-refractivity contribution in [3.05, 3.63) is 200 Å². The van der Waals surface area contributed by atoms with Crippen LogP contribution in [0.2, 0.25) is 0 Å². The van der Waals surface area contributed by atoms with Crippen molar-refractivity contribution in [2.75, 3.05) is 4.90 Å². The Labute approximate surface area is 317 Å². The van der Waals surface area contributed by atoms with Gasteiger partial charge in [0.25, 0.3) is 0 Å². The summed E-state index contributed by atoms with van der Waals surface area (Å²) < 4.78 is 13.1. The van der Waals surface area contributed by atoms with E-state index in [0.717, 1.165) is 77.6 Å². The monoisotopic (exact) mass is 703 g/mol. The van der Waals surface area contributed by atoms with Gasteiger partial charge < -0.3 is 13.7 Å². The van der Waals surface area contributed by atoms with Gasteiger partial charge in [0.1, 0.15) is 16.7 Å². The van der Waals surface area contributed by atoms with E-state index in [2.05, 4.69) is 187 Å². The van der Waals surface area contributed by atoms with Crippen LogP contribution in [0.1, 0.15) is 0 Å². The van der Waals surface area contributed by atoms with E-state index in [9.17, 15) is 0 Å². The Balaban J connectivity index is 1.19. The van der Waals surface area contributed by atoms with Gasteiger partial charge in [-0.05, 0) is 81.1 Å². The normalized spacial score (nSPS) is 11.6. The van der Waals surface area contributed by atoms with E-state index >= 15 is 0 Å². The maximum atomic E-state index is 6.76.